The van der Waals surface area contributed by atoms with E-state index in [0.717, 1.165) is 19.6 Å². The molecule has 16 heavy (non-hydrogen) atoms. The Kier molecular flexibility index (Phi) is 3.98. The molecule has 0 aromatic heterocycles. The molecule has 1 unspecified atom stereocenters. The molecule has 1 aliphatic rings. The lowest BCUT2D eigenvalue weighted by molar-refractivity contribution is -0.181. The van der Waals surface area contributed by atoms with Crippen molar-refractivity contribution in [3.63, 3.8) is 0 Å². The molecule has 0 aromatic rings. The van der Waals surface area contributed by atoms with Gasteiger partial charge in [-0.2, -0.15) is 0 Å². The van der Waals surface area contributed by atoms with Crippen molar-refractivity contribution in [1.82, 2.24) is 4.90 Å². The van der Waals surface area contributed by atoms with Crippen LogP contribution in [0.15, 0.2) is 0 Å². The van der Waals surface area contributed by atoms with Crippen LogP contribution in [0, 0.1) is 5.92 Å². The van der Waals surface area contributed by atoms with Crippen LogP contribution in [-0.2, 0) is 4.74 Å². The molecule has 1 rings (SSSR count). The van der Waals surface area contributed by atoms with Crippen LogP contribution in [0.3, 0.4) is 0 Å². The van der Waals surface area contributed by atoms with Crippen LogP contribution < -0.4 is 5.73 Å². The van der Waals surface area contributed by atoms with Gasteiger partial charge in [-0.05, 0) is 27.7 Å². The van der Waals surface area contributed by atoms with Crippen LogP contribution >= 0.6 is 12.2 Å². The summed E-state index contributed by atoms with van der Waals surface area (Å²) in [4.78, 5) is 3.00. The standard InChI is InChI=1S/C12H24N2OS/c1-9(10(13)16)6-14-7-11(2,3)15-12(4,5)8-14/h9H,6-8H2,1-5H3,(H2,13,16). The van der Waals surface area contributed by atoms with Gasteiger partial charge in [0.1, 0.15) is 0 Å². The normalized spacial score (nSPS) is 26.3. The average Bonchev–Trinajstić information content (AvgIpc) is 1.96. The first kappa shape index (κ1) is 13.9. The summed E-state index contributed by atoms with van der Waals surface area (Å²) in [6, 6.07) is 0. The van der Waals surface area contributed by atoms with Crippen LogP contribution in [0.1, 0.15) is 34.6 Å². The highest BCUT2D eigenvalue weighted by Gasteiger charge is 2.38. The molecule has 0 bridgehead atoms. The Hall–Kier alpha value is -0.190. The summed E-state index contributed by atoms with van der Waals surface area (Å²) >= 11 is 5.02. The van der Waals surface area contributed by atoms with Crippen LogP contribution in [0.5, 0.6) is 0 Å². The zero-order valence-electron chi connectivity index (χ0n) is 11.0. The lowest BCUT2D eigenvalue weighted by Crippen LogP contribution is -2.58. The molecule has 0 aromatic carbocycles. The van der Waals surface area contributed by atoms with Crippen molar-refractivity contribution in [2.24, 2.45) is 11.7 Å². The summed E-state index contributed by atoms with van der Waals surface area (Å²) < 4.78 is 6.03. The van der Waals surface area contributed by atoms with Gasteiger partial charge in [-0.1, -0.05) is 19.1 Å². The van der Waals surface area contributed by atoms with Gasteiger partial charge in [0.25, 0.3) is 0 Å². The Morgan fingerprint density at radius 3 is 2.12 bits per heavy atom. The average molecular weight is 244 g/mol. The van der Waals surface area contributed by atoms with Crippen LogP contribution in [0.2, 0.25) is 0 Å². The van der Waals surface area contributed by atoms with Crippen molar-refractivity contribution >= 4 is 17.2 Å². The van der Waals surface area contributed by atoms with Crippen LogP contribution in [-0.4, -0.2) is 40.7 Å². The van der Waals surface area contributed by atoms with Gasteiger partial charge in [0, 0.05) is 25.6 Å². The molecule has 4 heteroatoms. The molecular weight excluding hydrogens is 220 g/mol. The molecule has 1 atom stereocenters. The highest BCUT2D eigenvalue weighted by atomic mass is 32.1. The van der Waals surface area contributed by atoms with Gasteiger partial charge >= 0.3 is 0 Å². The number of hydrogen-bond donors (Lipinski definition) is 1. The zero-order valence-corrected chi connectivity index (χ0v) is 11.9. The number of thiocarbonyl (C=S) groups is 1. The van der Waals surface area contributed by atoms with E-state index < -0.39 is 0 Å². The summed E-state index contributed by atoms with van der Waals surface area (Å²) in [5.41, 5.74) is 5.46. The molecule has 1 saturated heterocycles. The Morgan fingerprint density at radius 1 is 1.31 bits per heavy atom. The Balaban J connectivity index is 2.64. The van der Waals surface area contributed by atoms with Crippen molar-refractivity contribution in [2.75, 3.05) is 19.6 Å². The van der Waals surface area contributed by atoms with E-state index in [2.05, 4.69) is 39.5 Å². The zero-order chi connectivity index (χ0) is 12.6. The summed E-state index contributed by atoms with van der Waals surface area (Å²) in [6.45, 7) is 13.4. The Labute approximate surface area is 104 Å². The summed E-state index contributed by atoms with van der Waals surface area (Å²) in [7, 11) is 0. The highest BCUT2D eigenvalue weighted by molar-refractivity contribution is 7.80. The van der Waals surface area contributed by atoms with E-state index in [1.165, 1.54) is 0 Å². The second-order valence-corrected chi connectivity index (χ2v) is 6.57. The molecule has 2 N–H and O–H groups in total. The molecular formula is C12H24N2OS. The molecule has 3 nitrogen and oxygen atoms in total. The van der Waals surface area contributed by atoms with E-state index in [0.29, 0.717) is 4.99 Å². The SMILES string of the molecule is CC(CN1CC(C)(C)OC(C)(C)C1)C(N)=S. The van der Waals surface area contributed by atoms with E-state index >= 15 is 0 Å². The first-order chi connectivity index (χ1) is 7.11. The van der Waals surface area contributed by atoms with Crippen LogP contribution in [0.4, 0.5) is 0 Å². The number of nitrogens with zero attached hydrogens (tertiary/aromatic N) is 1. The molecule has 1 aliphatic heterocycles. The Morgan fingerprint density at radius 2 is 1.75 bits per heavy atom. The third-order valence-corrected chi connectivity index (χ3v) is 3.18. The third kappa shape index (κ3) is 4.00. The van der Waals surface area contributed by atoms with E-state index in [-0.39, 0.29) is 17.1 Å². The molecule has 0 radical (unpaired) electrons. The van der Waals surface area contributed by atoms with Crippen molar-refractivity contribution in [1.29, 1.82) is 0 Å². The molecule has 0 amide bonds. The lowest BCUT2D eigenvalue weighted by Gasteiger charge is -2.47. The maximum atomic E-state index is 6.03. The Bertz CT molecular complexity index is 260. The number of ether oxygens (including phenoxy) is 1. The lowest BCUT2D eigenvalue weighted by atomic mass is 9.98. The van der Waals surface area contributed by atoms with Gasteiger partial charge in [-0.3, -0.25) is 4.90 Å². The minimum absolute atomic E-state index is 0.0995. The second-order valence-electron chi connectivity index (χ2n) is 6.09. The van der Waals surface area contributed by atoms with Crippen molar-refractivity contribution < 1.29 is 4.74 Å². The number of morpholine rings is 1. The van der Waals surface area contributed by atoms with E-state index in [4.69, 9.17) is 22.7 Å². The van der Waals surface area contributed by atoms with Gasteiger partial charge in [-0.15, -0.1) is 0 Å². The fraction of sp³-hybridized carbons (Fsp3) is 0.917. The molecule has 1 heterocycles. The fourth-order valence-corrected chi connectivity index (χ4v) is 2.63. The number of hydrogen-bond acceptors (Lipinski definition) is 3. The predicted octanol–water partition coefficient (Wildman–Crippen LogP) is 1.80. The van der Waals surface area contributed by atoms with Gasteiger partial charge in [0.05, 0.1) is 16.2 Å². The number of rotatable bonds is 3. The predicted molar refractivity (Wildman–Crippen MR) is 71.6 cm³/mol. The maximum Gasteiger partial charge on any atom is 0.0768 e. The van der Waals surface area contributed by atoms with Gasteiger partial charge in [0.2, 0.25) is 0 Å². The quantitative estimate of drug-likeness (QED) is 0.768. The monoisotopic (exact) mass is 244 g/mol. The first-order valence-electron chi connectivity index (χ1n) is 5.83. The molecule has 0 aliphatic carbocycles. The largest absolute Gasteiger partial charge is 0.393 e. The molecule has 94 valence electrons. The summed E-state index contributed by atoms with van der Waals surface area (Å²) in [6.07, 6.45) is 0. The van der Waals surface area contributed by atoms with Gasteiger partial charge in [-0.25, -0.2) is 0 Å². The first-order valence-corrected chi connectivity index (χ1v) is 6.24. The van der Waals surface area contributed by atoms with E-state index in [1.807, 2.05) is 0 Å². The topological polar surface area (TPSA) is 38.5 Å². The smallest absolute Gasteiger partial charge is 0.0768 e. The fourth-order valence-electron chi connectivity index (χ4n) is 2.55. The van der Waals surface area contributed by atoms with Crippen molar-refractivity contribution in [3.8, 4) is 0 Å². The van der Waals surface area contributed by atoms with E-state index in [1.54, 1.807) is 0 Å². The van der Waals surface area contributed by atoms with Gasteiger partial charge < -0.3 is 10.5 Å². The molecule has 1 fully saturated rings. The second kappa shape index (κ2) is 4.59. The maximum absolute atomic E-state index is 6.03. The van der Waals surface area contributed by atoms with Crippen LogP contribution in [0.25, 0.3) is 0 Å². The minimum Gasteiger partial charge on any atom is -0.393 e. The van der Waals surface area contributed by atoms with Gasteiger partial charge in [0.15, 0.2) is 0 Å². The molecule has 0 spiro atoms. The van der Waals surface area contributed by atoms with E-state index in [9.17, 15) is 0 Å². The van der Waals surface area contributed by atoms with Crippen molar-refractivity contribution in [2.45, 2.75) is 45.8 Å². The molecule has 0 saturated carbocycles. The number of nitrogens with two attached hydrogens (primary N) is 1. The summed E-state index contributed by atoms with van der Waals surface area (Å²) in [5, 5.41) is 0. The summed E-state index contributed by atoms with van der Waals surface area (Å²) in [5.74, 6) is 0.264. The minimum atomic E-state index is -0.0995. The van der Waals surface area contributed by atoms with Crippen molar-refractivity contribution in [3.05, 3.63) is 0 Å². The third-order valence-electron chi connectivity index (χ3n) is 2.78. The highest BCUT2D eigenvalue weighted by Crippen LogP contribution is 2.28.